The average Bonchev–Trinajstić information content (AvgIpc) is 2.00. The van der Waals surface area contributed by atoms with Crippen LogP contribution in [0.5, 0.6) is 0 Å². The first kappa shape index (κ1) is 12.5. The first-order valence-corrected chi connectivity index (χ1v) is 5.35. The summed E-state index contributed by atoms with van der Waals surface area (Å²) < 4.78 is 0. The number of carbonyl (C=O) groups is 1. The van der Waals surface area contributed by atoms with Gasteiger partial charge in [0.25, 0.3) is 0 Å². The summed E-state index contributed by atoms with van der Waals surface area (Å²) in [6, 6.07) is 0. The minimum absolute atomic E-state index is 0.110. The highest BCUT2D eigenvalue weighted by Gasteiger charge is 2.40. The van der Waals surface area contributed by atoms with E-state index < -0.39 is 0 Å². The van der Waals surface area contributed by atoms with Crippen molar-refractivity contribution >= 4 is 5.91 Å². The molecule has 1 amide bonds. The van der Waals surface area contributed by atoms with Crippen LogP contribution in [0, 0.1) is 5.92 Å². The lowest BCUT2D eigenvalue weighted by Gasteiger charge is -2.45. The van der Waals surface area contributed by atoms with Gasteiger partial charge in [-0.15, -0.1) is 0 Å². The van der Waals surface area contributed by atoms with Gasteiger partial charge in [-0.2, -0.15) is 0 Å². The van der Waals surface area contributed by atoms with Crippen molar-refractivity contribution in [1.29, 1.82) is 0 Å². The SMILES string of the molecule is CC.CC(=O)NC1(C(C)C)CCC1. The molecule has 0 radical (unpaired) electrons. The van der Waals surface area contributed by atoms with Crippen LogP contribution in [0.4, 0.5) is 0 Å². The van der Waals surface area contributed by atoms with Crippen LogP contribution >= 0.6 is 0 Å². The molecule has 2 nitrogen and oxygen atoms in total. The molecule has 0 spiro atoms. The Balaban J connectivity index is 0.000000671. The zero-order valence-corrected chi connectivity index (χ0v) is 9.61. The minimum atomic E-state index is 0.110. The van der Waals surface area contributed by atoms with Crippen molar-refractivity contribution in [1.82, 2.24) is 5.32 Å². The van der Waals surface area contributed by atoms with Crippen molar-refractivity contribution in [3.05, 3.63) is 0 Å². The molecule has 0 atom stereocenters. The maximum absolute atomic E-state index is 10.8. The Morgan fingerprint density at radius 2 is 1.77 bits per heavy atom. The average molecular weight is 185 g/mol. The molecule has 1 N–H and O–H groups in total. The highest BCUT2D eigenvalue weighted by molar-refractivity contribution is 5.74. The van der Waals surface area contributed by atoms with Crippen molar-refractivity contribution in [2.45, 2.75) is 59.4 Å². The molecule has 1 rings (SSSR count). The second-order valence-corrected chi connectivity index (χ2v) is 3.85. The first-order chi connectivity index (χ1) is 6.07. The smallest absolute Gasteiger partial charge is 0.217 e. The fourth-order valence-electron chi connectivity index (χ4n) is 1.75. The lowest BCUT2D eigenvalue weighted by atomic mass is 9.69. The van der Waals surface area contributed by atoms with E-state index in [-0.39, 0.29) is 11.4 Å². The summed E-state index contributed by atoms with van der Waals surface area (Å²) >= 11 is 0. The number of nitrogens with one attached hydrogen (secondary N) is 1. The normalized spacial score (nSPS) is 18.3. The number of hydrogen-bond acceptors (Lipinski definition) is 1. The summed E-state index contributed by atoms with van der Waals surface area (Å²) in [6.45, 7) is 9.95. The van der Waals surface area contributed by atoms with Crippen LogP contribution in [0.1, 0.15) is 53.9 Å². The third-order valence-corrected chi connectivity index (χ3v) is 2.78. The van der Waals surface area contributed by atoms with Crippen LogP contribution in [0.2, 0.25) is 0 Å². The quantitative estimate of drug-likeness (QED) is 0.704. The molecule has 1 fully saturated rings. The van der Waals surface area contributed by atoms with Crippen LogP contribution in [-0.4, -0.2) is 11.4 Å². The molecular weight excluding hydrogens is 162 g/mol. The molecule has 0 saturated heterocycles. The number of hydrogen-bond donors (Lipinski definition) is 1. The Morgan fingerprint density at radius 3 is 1.85 bits per heavy atom. The summed E-state index contributed by atoms with van der Waals surface area (Å²) in [4.78, 5) is 10.8. The van der Waals surface area contributed by atoms with Crippen LogP contribution < -0.4 is 5.32 Å². The minimum Gasteiger partial charge on any atom is -0.351 e. The molecule has 0 aromatic carbocycles. The molecule has 1 saturated carbocycles. The fourth-order valence-corrected chi connectivity index (χ4v) is 1.75. The highest BCUT2D eigenvalue weighted by Crippen LogP contribution is 2.37. The molecular formula is C11H23NO. The molecule has 0 aromatic rings. The molecule has 1 aliphatic carbocycles. The van der Waals surface area contributed by atoms with Gasteiger partial charge in [0.1, 0.15) is 0 Å². The molecule has 0 heterocycles. The standard InChI is InChI=1S/C9H17NO.C2H6/c1-7(2)9(5-4-6-9)10-8(3)11;1-2/h7H,4-6H2,1-3H3,(H,10,11);1-2H3. The van der Waals surface area contributed by atoms with E-state index in [9.17, 15) is 4.79 Å². The third kappa shape index (κ3) is 3.02. The van der Waals surface area contributed by atoms with Gasteiger partial charge in [-0.25, -0.2) is 0 Å². The number of carbonyl (C=O) groups excluding carboxylic acids is 1. The Kier molecular flexibility index (Phi) is 5.04. The van der Waals surface area contributed by atoms with Crippen LogP contribution in [0.15, 0.2) is 0 Å². The molecule has 0 unspecified atom stereocenters. The van der Waals surface area contributed by atoms with Crippen molar-refractivity contribution in [3.8, 4) is 0 Å². The predicted molar refractivity (Wildman–Crippen MR) is 56.6 cm³/mol. The molecule has 13 heavy (non-hydrogen) atoms. The Hall–Kier alpha value is -0.530. The van der Waals surface area contributed by atoms with Crippen molar-refractivity contribution in [2.24, 2.45) is 5.92 Å². The third-order valence-electron chi connectivity index (χ3n) is 2.78. The largest absolute Gasteiger partial charge is 0.351 e. The summed E-state index contributed by atoms with van der Waals surface area (Å²) in [6.07, 6.45) is 3.58. The van der Waals surface area contributed by atoms with E-state index in [4.69, 9.17) is 0 Å². The van der Waals surface area contributed by atoms with Crippen LogP contribution in [0.25, 0.3) is 0 Å². The van der Waals surface area contributed by atoms with Crippen molar-refractivity contribution < 1.29 is 4.79 Å². The van der Waals surface area contributed by atoms with E-state index in [1.807, 2.05) is 13.8 Å². The Bertz CT molecular complexity index is 159. The van der Waals surface area contributed by atoms with Gasteiger partial charge >= 0.3 is 0 Å². The number of amides is 1. The molecule has 2 heteroatoms. The zero-order chi connectivity index (χ0) is 10.5. The van der Waals surface area contributed by atoms with Crippen molar-refractivity contribution in [2.75, 3.05) is 0 Å². The van der Waals surface area contributed by atoms with Gasteiger partial charge in [0.2, 0.25) is 5.91 Å². The fraction of sp³-hybridized carbons (Fsp3) is 0.909. The predicted octanol–water partition coefficient (Wildman–Crippen LogP) is 2.73. The molecule has 0 bridgehead atoms. The van der Waals surface area contributed by atoms with Crippen LogP contribution in [-0.2, 0) is 4.79 Å². The van der Waals surface area contributed by atoms with E-state index in [1.54, 1.807) is 6.92 Å². The van der Waals surface area contributed by atoms with E-state index in [1.165, 1.54) is 6.42 Å². The maximum Gasteiger partial charge on any atom is 0.217 e. The second kappa shape index (κ2) is 5.25. The maximum atomic E-state index is 10.8. The van der Waals surface area contributed by atoms with Gasteiger partial charge < -0.3 is 5.32 Å². The molecule has 1 aliphatic rings. The van der Waals surface area contributed by atoms with Gasteiger partial charge in [0.15, 0.2) is 0 Å². The Labute approximate surface area is 82.1 Å². The molecule has 0 aromatic heterocycles. The van der Waals surface area contributed by atoms with Gasteiger partial charge in [-0.1, -0.05) is 27.7 Å². The van der Waals surface area contributed by atoms with E-state index >= 15 is 0 Å². The van der Waals surface area contributed by atoms with Crippen LogP contribution in [0.3, 0.4) is 0 Å². The monoisotopic (exact) mass is 185 g/mol. The lowest BCUT2D eigenvalue weighted by molar-refractivity contribution is -0.122. The lowest BCUT2D eigenvalue weighted by Crippen LogP contribution is -2.56. The van der Waals surface area contributed by atoms with E-state index in [0.717, 1.165) is 12.8 Å². The summed E-state index contributed by atoms with van der Waals surface area (Å²) in [5.74, 6) is 0.679. The van der Waals surface area contributed by atoms with Gasteiger partial charge in [0, 0.05) is 12.5 Å². The number of rotatable bonds is 2. The zero-order valence-electron chi connectivity index (χ0n) is 9.61. The molecule has 0 aliphatic heterocycles. The molecule has 78 valence electrons. The van der Waals surface area contributed by atoms with Gasteiger partial charge in [0.05, 0.1) is 0 Å². The van der Waals surface area contributed by atoms with Gasteiger partial charge in [-0.05, 0) is 25.2 Å². The summed E-state index contributed by atoms with van der Waals surface area (Å²) in [5, 5.41) is 3.05. The summed E-state index contributed by atoms with van der Waals surface area (Å²) in [5.41, 5.74) is 0.145. The Morgan fingerprint density at radius 1 is 1.31 bits per heavy atom. The highest BCUT2D eigenvalue weighted by atomic mass is 16.1. The topological polar surface area (TPSA) is 29.1 Å². The van der Waals surface area contributed by atoms with Crippen molar-refractivity contribution in [3.63, 3.8) is 0 Å². The summed E-state index contributed by atoms with van der Waals surface area (Å²) in [7, 11) is 0. The van der Waals surface area contributed by atoms with E-state index in [0.29, 0.717) is 5.92 Å². The van der Waals surface area contributed by atoms with E-state index in [2.05, 4.69) is 19.2 Å². The second-order valence-electron chi connectivity index (χ2n) is 3.85. The van der Waals surface area contributed by atoms with Gasteiger partial charge in [-0.3, -0.25) is 4.79 Å². The first-order valence-electron chi connectivity index (χ1n) is 5.35.